The van der Waals surface area contributed by atoms with Crippen molar-refractivity contribution in [1.82, 2.24) is 40.2 Å². The summed E-state index contributed by atoms with van der Waals surface area (Å²) in [5.74, 6) is -1.33. The van der Waals surface area contributed by atoms with Crippen molar-refractivity contribution in [2.75, 3.05) is 13.1 Å². The lowest BCUT2D eigenvalue weighted by Gasteiger charge is -2.29. The van der Waals surface area contributed by atoms with Gasteiger partial charge in [0.05, 0.1) is 24.7 Å². The molecule has 1 aliphatic heterocycles. The summed E-state index contributed by atoms with van der Waals surface area (Å²) in [5, 5.41) is 11.1. The standard InChI is InChI=1S/C36H40N8O5S/c1-21(2)13-25-17-43(31(46)15-26-16-37-32-22(3)9-8-12-44(26)32)18-30(45)40-27(14-24-10-6-5-7-11-24)36-42-29(20-50-36)34(48)38-23(4)35-41-28(19-49-35)33(47)39-25/h5-12,16,19-21,23,25,27H,13-15,17-18H2,1-4H3,(H,38,48)(H,39,47)(H,40,45)/t23-,25-,27-/m1/s1. The van der Waals surface area contributed by atoms with E-state index in [0.29, 0.717) is 23.5 Å². The van der Waals surface area contributed by atoms with Crippen LogP contribution in [0.15, 0.2) is 70.9 Å². The Balaban J connectivity index is 1.35. The lowest BCUT2D eigenvalue weighted by molar-refractivity contribution is -0.136. The van der Waals surface area contributed by atoms with Crippen molar-refractivity contribution in [3.63, 3.8) is 0 Å². The molecule has 0 saturated carbocycles. The highest BCUT2D eigenvalue weighted by atomic mass is 32.1. The Hall–Kier alpha value is -5.37. The molecule has 0 fully saturated rings. The average Bonchev–Trinajstić information content (AvgIpc) is 3.85. The highest BCUT2D eigenvalue weighted by Gasteiger charge is 2.29. The number of benzene rings is 1. The summed E-state index contributed by atoms with van der Waals surface area (Å²) in [5.41, 5.74) is 3.57. The van der Waals surface area contributed by atoms with E-state index in [9.17, 15) is 19.2 Å². The van der Waals surface area contributed by atoms with Gasteiger partial charge in [0.2, 0.25) is 17.7 Å². The number of rotatable bonds is 6. The van der Waals surface area contributed by atoms with Crippen LogP contribution in [-0.2, 0) is 22.4 Å². The number of carbonyl (C=O) groups is 4. The molecule has 1 aromatic carbocycles. The third-order valence-electron chi connectivity index (χ3n) is 8.50. The first-order valence-corrected chi connectivity index (χ1v) is 17.5. The maximum atomic E-state index is 14.1. The molecule has 14 heteroatoms. The van der Waals surface area contributed by atoms with E-state index in [1.807, 2.05) is 73.8 Å². The van der Waals surface area contributed by atoms with Gasteiger partial charge in [0.1, 0.15) is 28.7 Å². The van der Waals surface area contributed by atoms with E-state index in [0.717, 1.165) is 16.8 Å². The summed E-state index contributed by atoms with van der Waals surface area (Å²) in [7, 11) is 0. The number of imidazole rings is 1. The zero-order valence-corrected chi connectivity index (χ0v) is 29.2. The maximum Gasteiger partial charge on any atom is 0.273 e. The smallest absolute Gasteiger partial charge is 0.273 e. The minimum Gasteiger partial charge on any atom is -0.446 e. The second-order valence-electron chi connectivity index (χ2n) is 13.0. The number of nitrogens with zero attached hydrogens (tertiary/aromatic N) is 5. The largest absolute Gasteiger partial charge is 0.446 e. The molecule has 0 unspecified atom stereocenters. The second kappa shape index (κ2) is 15.0. The molecule has 0 saturated heterocycles. The van der Waals surface area contributed by atoms with Gasteiger partial charge in [0.25, 0.3) is 11.8 Å². The Bertz CT molecular complexity index is 2000. The van der Waals surface area contributed by atoms with Crippen molar-refractivity contribution in [3.8, 4) is 0 Å². The highest BCUT2D eigenvalue weighted by molar-refractivity contribution is 7.09. The lowest BCUT2D eigenvalue weighted by atomic mass is 10.0. The number of thiazole rings is 1. The SMILES string of the molecule is Cc1cccn2c(CC(=O)N3CC(=O)N[C@H](Cc4ccccc4)c4nc(cs4)C(=O)N[C@H](C)c4nc(co4)C(=O)N[C@H](CC(C)C)C3)cnc12. The number of oxazole rings is 1. The summed E-state index contributed by atoms with van der Waals surface area (Å²) >= 11 is 1.26. The fraction of sp³-hybridized carbons (Fsp3) is 0.361. The summed E-state index contributed by atoms with van der Waals surface area (Å²) in [6, 6.07) is 11.8. The highest BCUT2D eigenvalue weighted by Crippen LogP contribution is 2.24. The molecule has 0 aliphatic carbocycles. The van der Waals surface area contributed by atoms with Crippen molar-refractivity contribution >= 4 is 40.6 Å². The topological polar surface area (TPSA) is 164 Å². The maximum absolute atomic E-state index is 14.1. The molecule has 4 amide bonds. The number of hydrogen-bond acceptors (Lipinski definition) is 9. The third kappa shape index (κ3) is 8.08. The van der Waals surface area contributed by atoms with Crippen molar-refractivity contribution in [2.24, 2.45) is 5.92 Å². The Morgan fingerprint density at radius 2 is 1.80 bits per heavy atom. The van der Waals surface area contributed by atoms with Crippen LogP contribution < -0.4 is 16.0 Å². The van der Waals surface area contributed by atoms with Gasteiger partial charge in [0.15, 0.2) is 5.69 Å². The van der Waals surface area contributed by atoms with Crippen molar-refractivity contribution in [3.05, 3.63) is 106 Å². The van der Waals surface area contributed by atoms with Gasteiger partial charge >= 0.3 is 0 Å². The molecule has 50 heavy (non-hydrogen) atoms. The summed E-state index contributed by atoms with van der Waals surface area (Å²) < 4.78 is 7.46. The fourth-order valence-electron chi connectivity index (χ4n) is 6.07. The van der Waals surface area contributed by atoms with Gasteiger partial charge in [-0.05, 0) is 49.8 Å². The molecule has 1 aliphatic rings. The van der Waals surface area contributed by atoms with E-state index in [1.54, 1.807) is 18.5 Å². The Labute approximate surface area is 293 Å². The first-order chi connectivity index (χ1) is 24.0. The average molecular weight is 697 g/mol. The molecule has 4 bridgehead atoms. The molecule has 0 spiro atoms. The van der Waals surface area contributed by atoms with Crippen LogP contribution >= 0.6 is 11.3 Å². The third-order valence-corrected chi connectivity index (χ3v) is 9.46. The zero-order valence-electron chi connectivity index (χ0n) is 28.4. The van der Waals surface area contributed by atoms with Gasteiger partial charge in [-0.2, -0.15) is 0 Å². The summed E-state index contributed by atoms with van der Waals surface area (Å²) in [4.78, 5) is 69.6. The molecule has 6 rings (SSSR count). The molecule has 4 aromatic heterocycles. The Morgan fingerprint density at radius 1 is 1.02 bits per heavy atom. The monoisotopic (exact) mass is 696 g/mol. The van der Waals surface area contributed by atoms with Gasteiger partial charge in [-0.15, -0.1) is 11.3 Å². The molecular weight excluding hydrogens is 657 g/mol. The lowest BCUT2D eigenvalue weighted by Crippen LogP contribution is -2.50. The van der Waals surface area contributed by atoms with Gasteiger partial charge < -0.3 is 29.7 Å². The summed E-state index contributed by atoms with van der Waals surface area (Å²) in [6.07, 6.45) is 5.70. The van der Waals surface area contributed by atoms with E-state index in [-0.39, 0.29) is 48.6 Å². The van der Waals surface area contributed by atoms with Crippen LogP contribution in [0.3, 0.4) is 0 Å². The van der Waals surface area contributed by atoms with Crippen LogP contribution in [0.2, 0.25) is 0 Å². The number of aryl methyl sites for hydroxylation is 1. The summed E-state index contributed by atoms with van der Waals surface area (Å²) in [6.45, 7) is 7.50. The normalized spacial score (nSPS) is 19.1. The van der Waals surface area contributed by atoms with E-state index >= 15 is 0 Å². The van der Waals surface area contributed by atoms with Crippen LogP contribution in [-0.4, -0.2) is 67.0 Å². The number of nitrogens with one attached hydrogen (secondary N) is 3. The van der Waals surface area contributed by atoms with Crippen molar-refractivity contribution in [2.45, 2.75) is 65.1 Å². The molecule has 13 nitrogen and oxygen atoms in total. The first kappa shape index (κ1) is 34.5. The van der Waals surface area contributed by atoms with Gasteiger partial charge in [-0.3, -0.25) is 19.2 Å². The molecule has 260 valence electrons. The predicted molar refractivity (Wildman–Crippen MR) is 186 cm³/mol. The molecule has 5 aromatic rings. The molecule has 3 atom stereocenters. The quantitative estimate of drug-likeness (QED) is 0.238. The first-order valence-electron chi connectivity index (χ1n) is 16.6. The molecule has 0 radical (unpaired) electrons. The minimum atomic E-state index is -0.657. The van der Waals surface area contributed by atoms with Gasteiger partial charge in [0, 0.05) is 30.4 Å². The van der Waals surface area contributed by atoms with E-state index in [1.165, 1.54) is 22.5 Å². The van der Waals surface area contributed by atoms with Crippen LogP contribution in [0.4, 0.5) is 0 Å². The van der Waals surface area contributed by atoms with E-state index in [4.69, 9.17) is 4.42 Å². The number of fused-ring (bicyclic) bond motifs is 5. The number of pyridine rings is 1. The van der Waals surface area contributed by atoms with Crippen molar-refractivity contribution < 1.29 is 23.6 Å². The van der Waals surface area contributed by atoms with Crippen molar-refractivity contribution in [1.29, 1.82) is 0 Å². The number of carbonyl (C=O) groups excluding carboxylic acids is 4. The van der Waals surface area contributed by atoms with Crippen LogP contribution in [0, 0.1) is 12.8 Å². The van der Waals surface area contributed by atoms with Crippen LogP contribution in [0.25, 0.3) is 5.65 Å². The predicted octanol–water partition coefficient (Wildman–Crippen LogP) is 4.21. The zero-order chi connectivity index (χ0) is 35.4. The Morgan fingerprint density at radius 3 is 2.58 bits per heavy atom. The second-order valence-corrected chi connectivity index (χ2v) is 13.9. The van der Waals surface area contributed by atoms with E-state index in [2.05, 4.69) is 30.9 Å². The Kier molecular flexibility index (Phi) is 10.4. The molecule has 3 N–H and O–H groups in total. The molecular formula is C36H40N8O5S. The van der Waals surface area contributed by atoms with Gasteiger partial charge in [-0.1, -0.05) is 50.2 Å². The number of hydrogen-bond donors (Lipinski definition) is 3. The van der Waals surface area contributed by atoms with E-state index < -0.39 is 35.8 Å². The van der Waals surface area contributed by atoms with Crippen LogP contribution in [0.5, 0.6) is 0 Å². The number of aromatic nitrogens is 4. The molecule has 5 heterocycles. The van der Waals surface area contributed by atoms with Crippen LogP contribution in [0.1, 0.15) is 88.0 Å². The minimum absolute atomic E-state index is 0.0107. The number of amides is 4. The van der Waals surface area contributed by atoms with Gasteiger partial charge in [-0.25, -0.2) is 15.0 Å². The fourth-order valence-corrected chi connectivity index (χ4v) is 6.92.